The van der Waals surface area contributed by atoms with Gasteiger partial charge in [-0.25, -0.2) is 13.4 Å². The standard InChI is InChI=1S/C22H19N3O2S2/c1-14-5-3-8-19(24-14)20-21(28-22(23)25-20)17-7-4-6-16(13-17)15-9-11-18(12-10-15)29(2,26)27/h3-13H,1-2H3,(H2,23,25). The lowest BCUT2D eigenvalue weighted by Gasteiger charge is -2.07. The molecule has 4 rings (SSSR count). The molecular weight excluding hydrogens is 402 g/mol. The van der Waals surface area contributed by atoms with Crippen molar-refractivity contribution in [2.24, 2.45) is 0 Å². The van der Waals surface area contributed by atoms with E-state index in [1.165, 1.54) is 17.6 Å². The Morgan fingerprint density at radius 2 is 1.55 bits per heavy atom. The fourth-order valence-corrected chi connectivity index (χ4v) is 4.58. The smallest absolute Gasteiger partial charge is 0.181 e. The molecule has 2 aromatic carbocycles. The van der Waals surface area contributed by atoms with Gasteiger partial charge in [0.25, 0.3) is 0 Å². The van der Waals surface area contributed by atoms with Crippen LogP contribution in [0.3, 0.4) is 0 Å². The van der Waals surface area contributed by atoms with Crippen LogP contribution in [-0.4, -0.2) is 24.6 Å². The molecule has 2 N–H and O–H groups in total. The number of thiazole rings is 1. The van der Waals surface area contributed by atoms with Gasteiger partial charge in [0.1, 0.15) is 5.69 Å². The van der Waals surface area contributed by atoms with Gasteiger partial charge in [0, 0.05) is 11.9 Å². The minimum absolute atomic E-state index is 0.306. The van der Waals surface area contributed by atoms with Crippen LogP contribution in [0.5, 0.6) is 0 Å². The average molecular weight is 422 g/mol. The topological polar surface area (TPSA) is 85.9 Å². The third-order valence-electron chi connectivity index (χ3n) is 4.52. The summed E-state index contributed by atoms with van der Waals surface area (Å²) in [5, 5.41) is 0.487. The molecule has 0 radical (unpaired) electrons. The van der Waals surface area contributed by atoms with Gasteiger partial charge in [-0.2, -0.15) is 0 Å². The molecule has 7 heteroatoms. The molecule has 0 atom stereocenters. The molecule has 0 aliphatic rings. The molecule has 0 aliphatic heterocycles. The van der Waals surface area contributed by atoms with Crippen molar-refractivity contribution in [1.82, 2.24) is 9.97 Å². The zero-order valence-corrected chi connectivity index (χ0v) is 17.6. The molecular formula is C22H19N3O2S2. The van der Waals surface area contributed by atoms with Crippen molar-refractivity contribution in [2.75, 3.05) is 12.0 Å². The second-order valence-corrected chi connectivity index (χ2v) is 9.82. The highest BCUT2D eigenvalue weighted by Gasteiger charge is 2.16. The van der Waals surface area contributed by atoms with Crippen molar-refractivity contribution >= 4 is 26.3 Å². The van der Waals surface area contributed by atoms with Gasteiger partial charge in [0.05, 0.1) is 15.5 Å². The molecule has 0 bridgehead atoms. The van der Waals surface area contributed by atoms with Crippen LogP contribution in [0.4, 0.5) is 5.13 Å². The van der Waals surface area contributed by atoms with Gasteiger partial charge in [-0.3, -0.25) is 4.98 Å². The third-order valence-corrected chi connectivity index (χ3v) is 6.58. The minimum atomic E-state index is -3.22. The summed E-state index contributed by atoms with van der Waals surface area (Å²) in [7, 11) is -3.22. The molecule has 5 nitrogen and oxygen atoms in total. The molecule has 0 saturated carbocycles. The number of nitrogen functional groups attached to an aromatic ring is 1. The zero-order valence-electron chi connectivity index (χ0n) is 16.0. The quantitative estimate of drug-likeness (QED) is 0.510. The monoisotopic (exact) mass is 421 g/mol. The Kier molecular flexibility index (Phi) is 4.94. The van der Waals surface area contributed by atoms with Crippen molar-refractivity contribution in [1.29, 1.82) is 0 Å². The Hall–Kier alpha value is -3.03. The number of sulfone groups is 1. The minimum Gasteiger partial charge on any atom is -0.375 e. The first-order valence-corrected chi connectivity index (χ1v) is 11.6. The van der Waals surface area contributed by atoms with Crippen molar-refractivity contribution in [3.63, 3.8) is 0 Å². The van der Waals surface area contributed by atoms with Gasteiger partial charge in [0.15, 0.2) is 15.0 Å². The van der Waals surface area contributed by atoms with E-state index in [4.69, 9.17) is 5.73 Å². The van der Waals surface area contributed by atoms with Crippen LogP contribution in [0.25, 0.3) is 33.0 Å². The summed E-state index contributed by atoms with van der Waals surface area (Å²) in [6.07, 6.45) is 1.21. The number of hydrogen-bond donors (Lipinski definition) is 1. The highest BCUT2D eigenvalue weighted by Crippen LogP contribution is 2.38. The number of hydrogen-bond acceptors (Lipinski definition) is 6. The summed E-state index contributed by atoms with van der Waals surface area (Å²) < 4.78 is 23.4. The molecule has 0 unspecified atom stereocenters. The maximum absolute atomic E-state index is 11.7. The van der Waals surface area contributed by atoms with Crippen LogP contribution in [0.15, 0.2) is 71.6 Å². The lowest BCUT2D eigenvalue weighted by Crippen LogP contribution is -1.96. The van der Waals surface area contributed by atoms with Crippen LogP contribution in [-0.2, 0) is 9.84 Å². The number of nitrogens with two attached hydrogens (primary N) is 1. The second-order valence-electron chi connectivity index (χ2n) is 6.77. The summed E-state index contributed by atoms with van der Waals surface area (Å²) in [6.45, 7) is 1.94. The van der Waals surface area contributed by atoms with E-state index >= 15 is 0 Å². The van der Waals surface area contributed by atoms with Gasteiger partial charge in [-0.15, -0.1) is 0 Å². The van der Waals surface area contributed by atoms with Crippen LogP contribution in [0, 0.1) is 6.92 Å². The average Bonchev–Trinajstić information content (AvgIpc) is 3.09. The summed E-state index contributed by atoms with van der Waals surface area (Å²) >= 11 is 1.43. The second kappa shape index (κ2) is 7.42. The Balaban J connectivity index is 1.77. The van der Waals surface area contributed by atoms with E-state index in [2.05, 4.69) is 16.0 Å². The van der Waals surface area contributed by atoms with Crippen LogP contribution in [0.2, 0.25) is 0 Å². The normalized spacial score (nSPS) is 11.5. The van der Waals surface area contributed by atoms with Gasteiger partial charge in [-0.1, -0.05) is 47.7 Å². The van der Waals surface area contributed by atoms with Crippen LogP contribution < -0.4 is 5.73 Å². The number of aromatic nitrogens is 2. The molecule has 2 aromatic heterocycles. The molecule has 2 heterocycles. The lowest BCUT2D eigenvalue weighted by atomic mass is 10.0. The number of anilines is 1. The number of nitrogens with zero attached hydrogens (tertiary/aromatic N) is 2. The summed E-state index contributed by atoms with van der Waals surface area (Å²) in [5.74, 6) is 0. The van der Waals surface area contributed by atoms with E-state index in [9.17, 15) is 8.42 Å². The van der Waals surface area contributed by atoms with E-state index in [0.717, 1.165) is 38.6 Å². The zero-order chi connectivity index (χ0) is 20.6. The maximum Gasteiger partial charge on any atom is 0.181 e. The van der Waals surface area contributed by atoms with Gasteiger partial charge in [-0.05, 0) is 53.9 Å². The van der Waals surface area contributed by atoms with E-state index in [0.29, 0.717) is 10.0 Å². The van der Waals surface area contributed by atoms with Crippen molar-refractivity contribution in [3.8, 4) is 33.0 Å². The van der Waals surface area contributed by atoms with Gasteiger partial charge in [0.2, 0.25) is 0 Å². The molecule has 0 aliphatic carbocycles. The predicted octanol–water partition coefficient (Wildman–Crippen LogP) is 4.83. The van der Waals surface area contributed by atoms with Crippen LogP contribution >= 0.6 is 11.3 Å². The van der Waals surface area contributed by atoms with E-state index < -0.39 is 9.84 Å². The molecule has 29 heavy (non-hydrogen) atoms. The first-order valence-electron chi connectivity index (χ1n) is 8.92. The first-order chi connectivity index (χ1) is 13.8. The fourth-order valence-electron chi connectivity index (χ4n) is 3.12. The van der Waals surface area contributed by atoms with E-state index in [-0.39, 0.29) is 0 Å². The molecule has 0 spiro atoms. The SMILES string of the molecule is Cc1cccc(-c2nc(N)sc2-c2cccc(-c3ccc(S(C)(=O)=O)cc3)c2)n1. The van der Waals surface area contributed by atoms with E-state index in [1.807, 2.05) is 55.5 Å². The maximum atomic E-state index is 11.7. The highest BCUT2D eigenvalue weighted by molar-refractivity contribution is 7.90. The lowest BCUT2D eigenvalue weighted by molar-refractivity contribution is 0.602. The Morgan fingerprint density at radius 1 is 0.862 bits per heavy atom. The number of rotatable bonds is 4. The largest absolute Gasteiger partial charge is 0.375 e. The number of aryl methyl sites for hydroxylation is 1. The molecule has 146 valence electrons. The summed E-state index contributed by atoms with van der Waals surface area (Å²) in [6, 6.07) is 20.8. The Bertz CT molecular complexity index is 1290. The number of benzene rings is 2. The Labute approximate surface area is 173 Å². The number of pyridine rings is 1. The third kappa shape index (κ3) is 4.06. The fraction of sp³-hybridized carbons (Fsp3) is 0.0909. The predicted molar refractivity (Wildman–Crippen MR) is 118 cm³/mol. The molecule has 0 fully saturated rings. The molecule has 4 aromatic rings. The molecule has 0 saturated heterocycles. The Morgan fingerprint density at radius 3 is 2.24 bits per heavy atom. The van der Waals surface area contributed by atoms with Gasteiger partial charge < -0.3 is 5.73 Å². The van der Waals surface area contributed by atoms with E-state index in [1.54, 1.807) is 12.1 Å². The highest BCUT2D eigenvalue weighted by atomic mass is 32.2. The van der Waals surface area contributed by atoms with Crippen molar-refractivity contribution in [2.45, 2.75) is 11.8 Å². The summed E-state index contributed by atoms with van der Waals surface area (Å²) in [4.78, 5) is 10.4. The van der Waals surface area contributed by atoms with Crippen molar-refractivity contribution in [3.05, 3.63) is 72.4 Å². The van der Waals surface area contributed by atoms with Crippen molar-refractivity contribution < 1.29 is 8.42 Å². The van der Waals surface area contributed by atoms with Gasteiger partial charge >= 0.3 is 0 Å². The first kappa shape index (κ1) is 19.3. The summed E-state index contributed by atoms with van der Waals surface area (Å²) in [5.41, 5.74) is 11.4. The van der Waals surface area contributed by atoms with Crippen LogP contribution in [0.1, 0.15) is 5.69 Å². The molecule has 0 amide bonds.